The van der Waals surface area contributed by atoms with Crippen LogP contribution in [-0.2, 0) is 10.9 Å². The molecule has 0 amide bonds. The second-order valence-electron chi connectivity index (χ2n) is 3.97. The monoisotopic (exact) mass is 330 g/mol. The average Bonchev–Trinajstić information content (AvgIpc) is 2.37. The third-order valence-corrected chi connectivity index (χ3v) is 3.86. The molecule has 105 valence electrons. The first-order valence-corrected chi connectivity index (χ1v) is 7.33. The Bertz CT molecular complexity index is 706. The Morgan fingerprint density at radius 2 is 1.70 bits per heavy atom. The van der Waals surface area contributed by atoms with Gasteiger partial charge in [0.1, 0.15) is 5.69 Å². The number of thiol groups is 1. The molecule has 0 aliphatic carbocycles. The highest BCUT2D eigenvalue weighted by Crippen LogP contribution is 2.40. The lowest BCUT2D eigenvalue weighted by molar-refractivity contribution is 0.477. The number of halogens is 2. The predicted molar refractivity (Wildman–Crippen MR) is 81.5 cm³/mol. The van der Waals surface area contributed by atoms with Crippen LogP contribution in [0, 0.1) is 6.92 Å². The van der Waals surface area contributed by atoms with E-state index < -0.39 is 10.9 Å². The van der Waals surface area contributed by atoms with E-state index >= 15 is 0 Å². The highest BCUT2D eigenvalue weighted by Gasteiger charge is 2.18. The molecule has 2 rings (SSSR count). The van der Waals surface area contributed by atoms with Crippen molar-refractivity contribution in [3.05, 3.63) is 58.9 Å². The number of phenolic OH excluding ortho intramolecular Hbond substituents is 1. The first-order chi connectivity index (χ1) is 9.40. The Labute approximate surface area is 128 Å². The smallest absolute Gasteiger partial charge is 0.229 e. The largest absolute Gasteiger partial charge is 0.504 e. The molecule has 0 atom stereocenters. The van der Waals surface area contributed by atoms with Gasteiger partial charge in [-0.05, 0) is 36.8 Å². The lowest BCUT2D eigenvalue weighted by Gasteiger charge is -2.19. The number of aromatic hydroxyl groups is 1. The van der Waals surface area contributed by atoms with Gasteiger partial charge in [0.2, 0.25) is 10.9 Å². The maximum Gasteiger partial charge on any atom is 0.229 e. The van der Waals surface area contributed by atoms with E-state index in [1.807, 2.05) is 0 Å². The molecule has 4 nitrogen and oxygen atoms in total. The van der Waals surface area contributed by atoms with Gasteiger partial charge >= 0.3 is 0 Å². The summed E-state index contributed by atoms with van der Waals surface area (Å²) < 4.78 is 24.0. The van der Waals surface area contributed by atoms with Crippen LogP contribution in [0.4, 0.5) is 11.4 Å². The molecule has 0 fully saturated rings. The fourth-order valence-electron chi connectivity index (χ4n) is 1.67. The van der Waals surface area contributed by atoms with Gasteiger partial charge in [0, 0.05) is 5.02 Å². The molecule has 0 aliphatic heterocycles. The van der Waals surface area contributed by atoms with Gasteiger partial charge in [-0.2, -0.15) is 0 Å². The Hall–Kier alpha value is -1.43. The van der Waals surface area contributed by atoms with Crippen molar-refractivity contribution < 1.29 is 13.5 Å². The van der Waals surface area contributed by atoms with Crippen molar-refractivity contribution in [1.29, 1.82) is 0 Å². The number of hydrogen-bond acceptors (Lipinski definition) is 3. The zero-order valence-electron chi connectivity index (χ0n) is 10.1. The molecule has 0 saturated carbocycles. The van der Waals surface area contributed by atoms with Crippen LogP contribution in [0.3, 0.4) is 0 Å². The molecular weight excluding hydrogens is 321 g/mol. The highest BCUT2D eigenvalue weighted by molar-refractivity contribution is 7.74. The minimum absolute atomic E-state index is 0.00424. The second kappa shape index (κ2) is 5.91. The van der Waals surface area contributed by atoms with E-state index in [-0.39, 0.29) is 21.5 Å². The summed E-state index contributed by atoms with van der Waals surface area (Å²) in [6.07, 6.45) is 0. The van der Waals surface area contributed by atoms with Crippen LogP contribution in [0.1, 0.15) is 5.56 Å². The molecule has 0 unspecified atom stereocenters. The SMILES string of the molecule is [CH2]c1ccc(N(c2cc(Cl)cc(Cl)c2O)[SH](=O)=O)cc1. The Morgan fingerprint density at radius 1 is 1.10 bits per heavy atom. The van der Waals surface area contributed by atoms with Crippen molar-refractivity contribution in [1.82, 2.24) is 0 Å². The number of anilines is 2. The summed E-state index contributed by atoms with van der Waals surface area (Å²) in [4.78, 5) is 0. The van der Waals surface area contributed by atoms with Gasteiger partial charge in [-0.1, -0.05) is 35.3 Å². The van der Waals surface area contributed by atoms with E-state index in [9.17, 15) is 13.5 Å². The molecule has 1 N–H and O–H groups in total. The molecule has 2 aromatic rings. The van der Waals surface area contributed by atoms with E-state index in [0.717, 1.165) is 9.87 Å². The fraction of sp³-hybridized carbons (Fsp3) is 0. The van der Waals surface area contributed by atoms with Crippen LogP contribution in [0.5, 0.6) is 5.75 Å². The molecule has 20 heavy (non-hydrogen) atoms. The van der Waals surface area contributed by atoms with Crippen molar-refractivity contribution in [2.75, 3.05) is 4.31 Å². The summed E-state index contributed by atoms with van der Waals surface area (Å²) in [6.45, 7) is 3.72. The Morgan fingerprint density at radius 3 is 2.25 bits per heavy atom. The third-order valence-electron chi connectivity index (χ3n) is 2.58. The number of nitrogens with zero attached hydrogens (tertiary/aromatic N) is 1. The first-order valence-electron chi connectivity index (χ1n) is 5.44. The molecule has 7 heteroatoms. The molecule has 0 aromatic heterocycles. The first kappa shape index (κ1) is 15.0. The Balaban J connectivity index is 2.63. The minimum atomic E-state index is -3.03. The molecule has 0 aliphatic rings. The lowest BCUT2D eigenvalue weighted by Crippen LogP contribution is -2.14. The second-order valence-corrected chi connectivity index (χ2v) is 5.69. The zero-order valence-corrected chi connectivity index (χ0v) is 12.5. The summed E-state index contributed by atoms with van der Waals surface area (Å²) in [6, 6.07) is 9.11. The molecule has 1 radical (unpaired) electrons. The summed E-state index contributed by atoms with van der Waals surface area (Å²) in [5, 5.41) is 10.1. The lowest BCUT2D eigenvalue weighted by atomic mass is 10.2. The summed E-state index contributed by atoms with van der Waals surface area (Å²) in [5.41, 5.74) is 1.08. The van der Waals surface area contributed by atoms with Crippen LogP contribution in [0.25, 0.3) is 0 Å². The van der Waals surface area contributed by atoms with Gasteiger partial charge in [-0.3, -0.25) is 0 Å². The molecule has 2 aromatic carbocycles. The highest BCUT2D eigenvalue weighted by atomic mass is 35.5. The minimum Gasteiger partial charge on any atom is -0.504 e. The maximum absolute atomic E-state index is 11.5. The quantitative estimate of drug-likeness (QED) is 0.846. The van der Waals surface area contributed by atoms with Gasteiger partial charge in [-0.25, -0.2) is 12.7 Å². The summed E-state index contributed by atoms with van der Waals surface area (Å²) in [7, 11) is -3.03. The van der Waals surface area contributed by atoms with Gasteiger partial charge in [0.05, 0.1) is 10.7 Å². The molecule has 0 bridgehead atoms. The molecular formula is C13H10Cl2NO3S. The van der Waals surface area contributed by atoms with E-state index in [2.05, 4.69) is 6.92 Å². The standard InChI is InChI=1S/C13H10Cl2NO3S/c1-8-2-4-10(5-3-8)16(20(18)19)12-7-9(14)6-11(15)13(12)17/h2-7,17,20H,1H2. The van der Waals surface area contributed by atoms with Crippen LogP contribution in [0.2, 0.25) is 10.0 Å². The van der Waals surface area contributed by atoms with Gasteiger partial charge in [0.15, 0.2) is 5.75 Å². The number of benzene rings is 2. The van der Waals surface area contributed by atoms with Crippen LogP contribution >= 0.6 is 23.2 Å². The van der Waals surface area contributed by atoms with E-state index in [0.29, 0.717) is 5.69 Å². The van der Waals surface area contributed by atoms with Crippen molar-refractivity contribution in [2.45, 2.75) is 0 Å². The maximum atomic E-state index is 11.5. The van der Waals surface area contributed by atoms with Gasteiger partial charge in [0.25, 0.3) is 0 Å². The van der Waals surface area contributed by atoms with E-state index in [1.54, 1.807) is 24.3 Å². The van der Waals surface area contributed by atoms with E-state index in [4.69, 9.17) is 23.2 Å². The van der Waals surface area contributed by atoms with Crippen molar-refractivity contribution >= 4 is 45.5 Å². The fourth-order valence-corrected chi connectivity index (χ4v) is 2.81. The number of hydrogen-bond donors (Lipinski definition) is 2. The van der Waals surface area contributed by atoms with Crippen LogP contribution < -0.4 is 4.31 Å². The molecule has 0 saturated heterocycles. The van der Waals surface area contributed by atoms with Gasteiger partial charge in [-0.15, -0.1) is 0 Å². The molecule has 0 spiro atoms. The summed E-state index contributed by atoms with van der Waals surface area (Å²) in [5.74, 6) is -0.353. The number of rotatable bonds is 3. The zero-order chi connectivity index (χ0) is 14.9. The van der Waals surface area contributed by atoms with Crippen LogP contribution in [-0.4, -0.2) is 13.5 Å². The summed E-state index contributed by atoms with van der Waals surface area (Å²) >= 11 is 11.7. The third kappa shape index (κ3) is 3.00. The van der Waals surface area contributed by atoms with Gasteiger partial charge < -0.3 is 5.11 Å². The van der Waals surface area contributed by atoms with Crippen molar-refractivity contribution in [3.63, 3.8) is 0 Å². The van der Waals surface area contributed by atoms with E-state index in [1.165, 1.54) is 12.1 Å². The van der Waals surface area contributed by atoms with Crippen molar-refractivity contribution in [2.24, 2.45) is 0 Å². The normalized spacial score (nSPS) is 10.8. The van der Waals surface area contributed by atoms with Crippen molar-refractivity contribution in [3.8, 4) is 5.75 Å². The average molecular weight is 331 g/mol. The Kier molecular flexibility index (Phi) is 4.42. The number of phenols is 1. The van der Waals surface area contributed by atoms with Crippen LogP contribution in [0.15, 0.2) is 36.4 Å². The topological polar surface area (TPSA) is 57.6 Å². The predicted octanol–water partition coefficient (Wildman–Crippen LogP) is 3.55. The molecule has 0 heterocycles.